The molecule has 0 bridgehead atoms. The molecule has 3 aromatic rings. The molecule has 9 atom stereocenters. The van der Waals surface area contributed by atoms with Gasteiger partial charge in [0.05, 0.1) is 31.1 Å². The van der Waals surface area contributed by atoms with Crippen molar-refractivity contribution in [2.75, 3.05) is 26.2 Å². The van der Waals surface area contributed by atoms with Gasteiger partial charge in [-0.2, -0.15) is 0 Å². The number of nitrogens with zero attached hydrogens (tertiary/aromatic N) is 3. The second-order valence-electron chi connectivity index (χ2n) is 20.4. The van der Waals surface area contributed by atoms with Crippen LogP contribution in [-0.2, 0) is 60.8 Å². The SMILES string of the molecule is CC(C)C[C@H](NC(=O)[C@H](CO)NC(=O)[C@@H]1CCCN1C(=O)[C@H](Cc1c[nH]c2ccccc12)NC(=O)[C@@H](N)C(C)C)C(=O)N1CCC[C@H]1C(=O)N[C@@H](CC(=O)O)C(=O)N[C@@H](Cc1c[nH]cn1)C(=O)N[C@@H](CCCCN)C(=O)O. The number of aliphatic carboxylic acids is 2. The van der Waals surface area contributed by atoms with Gasteiger partial charge in [-0.25, -0.2) is 9.78 Å². The normalized spacial score (nSPS) is 18.1. The van der Waals surface area contributed by atoms with Crippen LogP contribution >= 0.6 is 0 Å². The maximum atomic E-state index is 14.4. The number of likely N-dealkylation sites (tertiary alicyclic amines) is 2. The van der Waals surface area contributed by atoms with Crippen LogP contribution in [0.2, 0.25) is 0 Å². The van der Waals surface area contributed by atoms with Gasteiger partial charge < -0.3 is 78.5 Å². The topological polar surface area (TPSA) is 407 Å². The number of unbranched alkanes of at least 4 members (excludes halogenated alkanes) is 1. The summed E-state index contributed by atoms with van der Waals surface area (Å²) >= 11 is 0. The minimum atomic E-state index is -1.79. The number of para-hydroxylation sites is 1. The Kier molecular flexibility index (Phi) is 22.5. The number of carboxylic acid groups (broad SMARTS) is 2. The Morgan fingerprint density at radius 3 is 1.84 bits per heavy atom. The number of nitrogens with two attached hydrogens (primary N) is 2. The molecular weight excluding hydrogens is 1000 g/mol. The van der Waals surface area contributed by atoms with Crippen LogP contribution < -0.4 is 43.4 Å². The van der Waals surface area contributed by atoms with E-state index in [1.165, 1.54) is 22.3 Å². The van der Waals surface area contributed by atoms with Crippen LogP contribution in [0.4, 0.5) is 0 Å². The molecule has 2 aliphatic heterocycles. The first-order valence-corrected chi connectivity index (χ1v) is 26.1. The Labute approximate surface area is 445 Å². The largest absolute Gasteiger partial charge is 0.481 e. The number of aliphatic hydroxyl groups is 1. The third-order valence-electron chi connectivity index (χ3n) is 13.7. The molecule has 0 radical (unpaired) electrons. The number of nitrogens with one attached hydrogen (secondary N) is 8. The van der Waals surface area contributed by atoms with Gasteiger partial charge in [0.2, 0.25) is 47.3 Å². The first-order chi connectivity index (χ1) is 36.6. The van der Waals surface area contributed by atoms with Crippen molar-refractivity contribution < 1.29 is 63.3 Å². The average molecular weight is 1080 g/mol. The number of carbonyl (C=O) groups excluding carboxylic acids is 8. The van der Waals surface area contributed by atoms with Gasteiger partial charge >= 0.3 is 11.9 Å². The number of fused-ring (bicyclic) bond motifs is 1. The third kappa shape index (κ3) is 16.8. The van der Waals surface area contributed by atoms with E-state index in [9.17, 15) is 63.3 Å². The molecule has 0 saturated carbocycles. The molecule has 4 heterocycles. The summed E-state index contributed by atoms with van der Waals surface area (Å²) in [5.41, 5.74) is 13.6. The number of aromatic nitrogens is 3. The minimum Gasteiger partial charge on any atom is -0.481 e. The molecule has 15 N–H and O–H groups in total. The Morgan fingerprint density at radius 1 is 0.701 bits per heavy atom. The molecule has 26 heteroatoms. The molecule has 0 unspecified atom stereocenters. The lowest BCUT2D eigenvalue weighted by molar-refractivity contribution is -0.145. The second-order valence-corrected chi connectivity index (χ2v) is 20.4. The van der Waals surface area contributed by atoms with Gasteiger partial charge in [-0.15, -0.1) is 0 Å². The zero-order chi connectivity index (χ0) is 56.5. The fraction of sp³-hybridized carbons (Fsp3) is 0.588. The summed E-state index contributed by atoms with van der Waals surface area (Å²) < 4.78 is 0. The van der Waals surface area contributed by atoms with Crippen molar-refractivity contribution >= 4 is 70.1 Å². The van der Waals surface area contributed by atoms with E-state index < -0.39 is 127 Å². The number of hydrogen-bond donors (Lipinski definition) is 13. The van der Waals surface area contributed by atoms with Crippen molar-refractivity contribution in [1.29, 1.82) is 0 Å². The summed E-state index contributed by atoms with van der Waals surface area (Å²) in [7, 11) is 0. The first-order valence-electron chi connectivity index (χ1n) is 26.1. The van der Waals surface area contributed by atoms with E-state index in [0.29, 0.717) is 37.9 Å². The van der Waals surface area contributed by atoms with Crippen molar-refractivity contribution in [1.82, 2.24) is 56.7 Å². The van der Waals surface area contributed by atoms with E-state index in [0.717, 1.165) is 16.5 Å². The summed E-state index contributed by atoms with van der Waals surface area (Å²) in [5, 5.41) is 46.1. The molecule has 0 aliphatic carbocycles. The van der Waals surface area contributed by atoms with Gasteiger partial charge in [0.15, 0.2) is 0 Å². The molecule has 26 nitrogen and oxygen atoms in total. The number of hydrogen-bond acceptors (Lipinski definition) is 14. The second kappa shape index (κ2) is 28.6. The van der Waals surface area contributed by atoms with Crippen LogP contribution in [-0.4, -0.2) is 180 Å². The Morgan fingerprint density at radius 2 is 1.27 bits per heavy atom. The van der Waals surface area contributed by atoms with Crippen LogP contribution in [0.25, 0.3) is 10.9 Å². The number of rotatable bonds is 29. The quantitative estimate of drug-likeness (QED) is 0.0344. The number of benzene rings is 1. The molecule has 8 amide bonds. The van der Waals surface area contributed by atoms with Crippen molar-refractivity contribution in [3.05, 3.63) is 54.2 Å². The number of amides is 8. The fourth-order valence-electron chi connectivity index (χ4n) is 9.49. The smallest absolute Gasteiger partial charge is 0.326 e. The molecule has 1 aromatic carbocycles. The summed E-state index contributed by atoms with van der Waals surface area (Å²) in [6, 6.07) is -4.48. The monoisotopic (exact) mass is 1080 g/mol. The number of carbonyl (C=O) groups is 10. The molecule has 5 rings (SSSR count). The molecule has 0 spiro atoms. The number of aliphatic hydroxyl groups excluding tert-OH is 1. The van der Waals surface area contributed by atoms with E-state index >= 15 is 0 Å². The Hall–Kier alpha value is -7.45. The molecule has 2 fully saturated rings. The van der Waals surface area contributed by atoms with Crippen LogP contribution in [0.15, 0.2) is 43.0 Å². The molecule has 77 heavy (non-hydrogen) atoms. The van der Waals surface area contributed by atoms with E-state index in [-0.39, 0.29) is 63.5 Å². The zero-order valence-corrected chi connectivity index (χ0v) is 43.9. The molecule has 2 saturated heterocycles. The Balaban J connectivity index is 1.27. The van der Waals surface area contributed by atoms with Crippen molar-refractivity contribution in [3.63, 3.8) is 0 Å². The van der Waals surface area contributed by atoms with E-state index in [4.69, 9.17) is 11.5 Å². The predicted octanol–water partition coefficient (Wildman–Crippen LogP) is -1.72. The van der Waals surface area contributed by atoms with Gasteiger partial charge in [-0.1, -0.05) is 45.9 Å². The van der Waals surface area contributed by atoms with Crippen LogP contribution in [0.5, 0.6) is 0 Å². The van der Waals surface area contributed by atoms with Gasteiger partial charge in [0.1, 0.15) is 48.3 Å². The van der Waals surface area contributed by atoms with Crippen LogP contribution in [0.1, 0.15) is 96.7 Å². The molecule has 2 aliphatic rings. The van der Waals surface area contributed by atoms with Crippen molar-refractivity contribution in [3.8, 4) is 0 Å². The predicted molar refractivity (Wildman–Crippen MR) is 277 cm³/mol. The maximum absolute atomic E-state index is 14.4. The molecule has 2 aromatic heterocycles. The van der Waals surface area contributed by atoms with Crippen LogP contribution in [0, 0.1) is 11.8 Å². The number of carboxylic acids is 2. The van der Waals surface area contributed by atoms with Crippen LogP contribution in [0.3, 0.4) is 0 Å². The summed E-state index contributed by atoms with van der Waals surface area (Å²) in [6.07, 6.45) is 5.29. The standard InChI is InChI=1S/C51H75N13O13/c1-27(2)19-36(60-45(70)38(25-65)62-47(72)40-15-10-18-64(40)50(75)37(61-48(73)42(53)28(3)4)20-29-23-55-32-12-6-5-11-31(29)32)49(74)63-17-9-14-39(63)46(71)59-35(22-41(66)67)44(69)58-34(21-30-24-54-26-56-30)43(68)57-33(51(76)77)13-7-8-16-52/h5-6,11-12,23-24,26-28,33-40,42,55,65H,7-10,13-22,25,52-53H2,1-4H3,(H,54,56)(H,57,68)(H,58,69)(H,59,71)(H,60,70)(H,61,73)(H,62,72)(H,66,67)(H,76,77)/t33-,34-,35-,36-,37-,38-,39-,40-,42-/m0/s1. The lowest BCUT2D eigenvalue weighted by atomic mass is 10.0. The highest BCUT2D eigenvalue weighted by atomic mass is 16.4. The average Bonchev–Trinajstić information content (AvgIpc) is 4.25. The van der Waals surface area contributed by atoms with E-state index in [1.54, 1.807) is 33.9 Å². The lowest BCUT2D eigenvalue weighted by Gasteiger charge is -2.32. The number of H-pyrrole nitrogens is 2. The van der Waals surface area contributed by atoms with E-state index in [1.807, 2.05) is 24.3 Å². The summed E-state index contributed by atoms with van der Waals surface area (Å²) in [6.45, 7) is 6.66. The van der Waals surface area contributed by atoms with Gasteiger partial charge in [0.25, 0.3) is 0 Å². The highest BCUT2D eigenvalue weighted by molar-refractivity contribution is 5.99. The third-order valence-corrected chi connectivity index (χ3v) is 13.7. The lowest BCUT2D eigenvalue weighted by Crippen LogP contribution is -2.61. The molecular formula is C51H75N13O13. The van der Waals surface area contributed by atoms with Gasteiger partial charge in [-0.3, -0.25) is 43.2 Å². The van der Waals surface area contributed by atoms with Crippen molar-refractivity contribution in [2.24, 2.45) is 23.3 Å². The van der Waals surface area contributed by atoms with Gasteiger partial charge in [0, 0.05) is 49.2 Å². The van der Waals surface area contributed by atoms with Crippen molar-refractivity contribution in [2.45, 2.75) is 153 Å². The zero-order valence-electron chi connectivity index (χ0n) is 43.9. The highest BCUT2D eigenvalue weighted by Crippen LogP contribution is 2.25. The van der Waals surface area contributed by atoms with Gasteiger partial charge in [-0.05, 0) is 81.4 Å². The maximum Gasteiger partial charge on any atom is 0.326 e. The fourth-order valence-corrected chi connectivity index (χ4v) is 9.49. The highest BCUT2D eigenvalue weighted by Gasteiger charge is 2.43. The summed E-state index contributed by atoms with van der Waals surface area (Å²) in [5.74, 6) is -9.75. The Bertz CT molecular complexity index is 2550. The summed E-state index contributed by atoms with van der Waals surface area (Å²) in [4.78, 5) is 148. The molecule has 422 valence electrons. The number of imidazole rings is 1. The first kappa shape index (κ1) is 60.4. The van der Waals surface area contributed by atoms with E-state index in [2.05, 4.69) is 46.9 Å². The number of aromatic amines is 2. The minimum absolute atomic E-state index is 0.0238.